The molecule has 28 heavy (non-hydrogen) atoms. The second-order valence-corrected chi connectivity index (χ2v) is 8.05. The third kappa shape index (κ3) is 4.57. The Labute approximate surface area is 167 Å². The summed E-state index contributed by atoms with van der Waals surface area (Å²) >= 11 is 0. The van der Waals surface area contributed by atoms with Crippen molar-refractivity contribution < 1.29 is 4.74 Å². The number of nitrogens with zero attached hydrogens (tertiary/aromatic N) is 4. The zero-order valence-corrected chi connectivity index (χ0v) is 17.5. The van der Waals surface area contributed by atoms with Crippen LogP contribution in [0.1, 0.15) is 56.6 Å². The highest BCUT2D eigenvalue weighted by atomic mass is 16.5. The Bertz CT molecular complexity index is 925. The predicted octanol–water partition coefficient (Wildman–Crippen LogP) is 4.59. The molecule has 0 bridgehead atoms. The summed E-state index contributed by atoms with van der Waals surface area (Å²) in [6, 6.07) is 10.6. The van der Waals surface area contributed by atoms with E-state index in [9.17, 15) is 0 Å². The molecule has 3 rings (SSSR count). The van der Waals surface area contributed by atoms with Gasteiger partial charge in [0.15, 0.2) is 0 Å². The number of methoxy groups -OCH3 is 1. The maximum atomic E-state index is 5.27. The van der Waals surface area contributed by atoms with Crippen molar-refractivity contribution in [3.05, 3.63) is 65.6 Å². The molecule has 0 aliphatic rings. The second kappa shape index (κ2) is 8.10. The number of rotatable bonds is 6. The summed E-state index contributed by atoms with van der Waals surface area (Å²) in [5.74, 6) is 2.59. The van der Waals surface area contributed by atoms with Crippen molar-refractivity contribution >= 4 is 5.82 Å². The van der Waals surface area contributed by atoms with Crippen LogP contribution in [0, 0.1) is 6.92 Å². The van der Waals surface area contributed by atoms with E-state index in [-0.39, 0.29) is 11.5 Å². The molecule has 148 valence electrons. The maximum absolute atomic E-state index is 5.27. The SMILES string of the molecule is COCc1cc(NC(C)c2ccc(-n3ccnc3C)cc2)nc(C(C)(C)C)n1. The smallest absolute Gasteiger partial charge is 0.136 e. The van der Waals surface area contributed by atoms with E-state index in [1.54, 1.807) is 7.11 Å². The molecule has 0 fully saturated rings. The number of hydrogen-bond acceptors (Lipinski definition) is 5. The molecule has 1 atom stereocenters. The molecule has 1 N–H and O–H groups in total. The molecule has 1 unspecified atom stereocenters. The minimum atomic E-state index is -0.131. The summed E-state index contributed by atoms with van der Waals surface area (Å²) in [4.78, 5) is 13.7. The van der Waals surface area contributed by atoms with E-state index in [0.717, 1.165) is 28.8 Å². The Hall–Kier alpha value is -2.73. The van der Waals surface area contributed by atoms with Crippen LogP contribution in [-0.4, -0.2) is 26.6 Å². The molecule has 0 amide bonds. The number of anilines is 1. The molecule has 0 spiro atoms. The van der Waals surface area contributed by atoms with Gasteiger partial charge in [-0.15, -0.1) is 0 Å². The Balaban J connectivity index is 1.81. The van der Waals surface area contributed by atoms with Crippen LogP contribution in [0.15, 0.2) is 42.7 Å². The maximum Gasteiger partial charge on any atom is 0.136 e. The Kier molecular flexibility index (Phi) is 5.79. The summed E-state index contributed by atoms with van der Waals surface area (Å²) in [5, 5.41) is 3.51. The van der Waals surface area contributed by atoms with Crippen LogP contribution in [0.4, 0.5) is 5.82 Å². The molecule has 0 saturated carbocycles. The van der Waals surface area contributed by atoms with Crippen LogP contribution in [0.2, 0.25) is 0 Å². The number of aryl methyl sites for hydroxylation is 1. The highest BCUT2D eigenvalue weighted by Crippen LogP contribution is 2.24. The molecule has 0 radical (unpaired) electrons. The van der Waals surface area contributed by atoms with E-state index in [0.29, 0.717) is 6.61 Å². The molecule has 3 aromatic rings. The minimum absolute atomic E-state index is 0.107. The van der Waals surface area contributed by atoms with Gasteiger partial charge < -0.3 is 14.6 Å². The van der Waals surface area contributed by atoms with Gasteiger partial charge in [0.25, 0.3) is 0 Å². The standard InChI is InChI=1S/C22H29N5O/c1-15(17-7-9-19(10-8-17)27-12-11-23-16(27)2)24-20-13-18(14-28-6)25-21(26-20)22(3,4)5/h7-13,15H,14H2,1-6H3,(H,24,25,26). The number of benzene rings is 1. The van der Waals surface area contributed by atoms with E-state index >= 15 is 0 Å². The topological polar surface area (TPSA) is 64.9 Å². The summed E-state index contributed by atoms with van der Waals surface area (Å²) in [6.45, 7) is 10.9. The first kappa shape index (κ1) is 20.0. The lowest BCUT2D eigenvalue weighted by Gasteiger charge is -2.21. The third-order valence-corrected chi connectivity index (χ3v) is 4.60. The van der Waals surface area contributed by atoms with E-state index in [2.05, 4.69) is 71.8 Å². The van der Waals surface area contributed by atoms with Gasteiger partial charge in [-0.1, -0.05) is 32.9 Å². The number of aromatic nitrogens is 4. The fraction of sp³-hybridized carbons (Fsp3) is 0.409. The van der Waals surface area contributed by atoms with Crippen LogP contribution >= 0.6 is 0 Å². The first-order valence-corrected chi connectivity index (χ1v) is 9.52. The molecule has 1 aromatic carbocycles. The number of hydrogen-bond donors (Lipinski definition) is 1. The van der Waals surface area contributed by atoms with Gasteiger partial charge in [0.05, 0.1) is 12.3 Å². The van der Waals surface area contributed by atoms with Gasteiger partial charge in [-0.3, -0.25) is 0 Å². The molecule has 6 nitrogen and oxygen atoms in total. The number of imidazole rings is 1. The highest BCUT2D eigenvalue weighted by molar-refractivity contribution is 5.42. The first-order valence-electron chi connectivity index (χ1n) is 9.52. The molecule has 0 aliphatic heterocycles. The van der Waals surface area contributed by atoms with Gasteiger partial charge >= 0.3 is 0 Å². The van der Waals surface area contributed by atoms with Crippen molar-refractivity contribution in [1.29, 1.82) is 0 Å². The second-order valence-electron chi connectivity index (χ2n) is 8.05. The summed E-state index contributed by atoms with van der Waals surface area (Å²) in [6.07, 6.45) is 3.78. The van der Waals surface area contributed by atoms with Crippen LogP contribution in [0.25, 0.3) is 5.69 Å². The van der Waals surface area contributed by atoms with Gasteiger partial charge in [-0.25, -0.2) is 15.0 Å². The van der Waals surface area contributed by atoms with E-state index < -0.39 is 0 Å². The summed E-state index contributed by atoms with van der Waals surface area (Å²) in [7, 11) is 1.68. The zero-order chi connectivity index (χ0) is 20.3. The fourth-order valence-electron chi connectivity index (χ4n) is 3.01. The van der Waals surface area contributed by atoms with Crippen molar-refractivity contribution in [2.75, 3.05) is 12.4 Å². The van der Waals surface area contributed by atoms with Crippen molar-refractivity contribution in [3.8, 4) is 5.69 Å². The van der Waals surface area contributed by atoms with E-state index in [4.69, 9.17) is 9.72 Å². The predicted molar refractivity (Wildman–Crippen MR) is 112 cm³/mol. The van der Waals surface area contributed by atoms with Gasteiger partial charge in [0.2, 0.25) is 0 Å². The Morgan fingerprint density at radius 1 is 1.14 bits per heavy atom. The largest absolute Gasteiger partial charge is 0.378 e. The number of nitrogens with one attached hydrogen (secondary N) is 1. The normalized spacial score (nSPS) is 12.8. The van der Waals surface area contributed by atoms with Crippen LogP contribution in [0.5, 0.6) is 0 Å². The lowest BCUT2D eigenvalue weighted by atomic mass is 9.95. The molecular weight excluding hydrogens is 350 g/mol. The van der Waals surface area contributed by atoms with Crippen molar-refractivity contribution in [3.63, 3.8) is 0 Å². The zero-order valence-electron chi connectivity index (χ0n) is 17.5. The van der Waals surface area contributed by atoms with Gasteiger partial charge in [-0.05, 0) is 31.5 Å². The van der Waals surface area contributed by atoms with E-state index in [1.165, 1.54) is 5.56 Å². The van der Waals surface area contributed by atoms with Gasteiger partial charge in [0.1, 0.15) is 17.5 Å². The van der Waals surface area contributed by atoms with Crippen LogP contribution < -0.4 is 5.32 Å². The van der Waals surface area contributed by atoms with Crippen LogP contribution in [-0.2, 0) is 16.8 Å². The average molecular weight is 380 g/mol. The molecular formula is C22H29N5O. The lowest BCUT2D eigenvalue weighted by molar-refractivity contribution is 0.181. The fourth-order valence-corrected chi connectivity index (χ4v) is 3.01. The monoisotopic (exact) mass is 379 g/mol. The van der Waals surface area contributed by atoms with Gasteiger partial charge in [-0.2, -0.15) is 0 Å². The molecule has 2 aromatic heterocycles. The third-order valence-electron chi connectivity index (χ3n) is 4.60. The van der Waals surface area contributed by atoms with Crippen molar-refractivity contribution in [2.45, 2.75) is 52.7 Å². The minimum Gasteiger partial charge on any atom is -0.378 e. The lowest BCUT2D eigenvalue weighted by Crippen LogP contribution is -2.19. The van der Waals surface area contributed by atoms with E-state index in [1.807, 2.05) is 25.4 Å². The number of ether oxygens (including phenoxy) is 1. The summed E-state index contributed by atoms with van der Waals surface area (Å²) < 4.78 is 7.34. The quantitative estimate of drug-likeness (QED) is 0.679. The molecule has 0 saturated heterocycles. The summed E-state index contributed by atoms with van der Waals surface area (Å²) in [5.41, 5.74) is 3.03. The van der Waals surface area contributed by atoms with Crippen LogP contribution in [0.3, 0.4) is 0 Å². The first-order chi connectivity index (χ1) is 13.3. The van der Waals surface area contributed by atoms with Gasteiger partial charge in [0, 0.05) is 42.7 Å². The average Bonchev–Trinajstić information content (AvgIpc) is 3.07. The molecule has 2 heterocycles. The molecule has 6 heteroatoms. The Morgan fingerprint density at radius 2 is 1.86 bits per heavy atom. The highest BCUT2D eigenvalue weighted by Gasteiger charge is 2.20. The molecule has 0 aliphatic carbocycles. The van der Waals surface area contributed by atoms with Crippen molar-refractivity contribution in [1.82, 2.24) is 19.5 Å². The van der Waals surface area contributed by atoms with Crippen molar-refractivity contribution in [2.24, 2.45) is 0 Å². The Morgan fingerprint density at radius 3 is 2.43 bits per heavy atom.